The molecule has 34 heavy (non-hydrogen) atoms. The van der Waals surface area contributed by atoms with Crippen LogP contribution in [-0.4, -0.2) is 25.2 Å². The van der Waals surface area contributed by atoms with Crippen molar-refractivity contribution in [1.82, 2.24) is 0 Å². The van der Waals surface area contributed by atoms with E-state index in [0.29, 0.717) is 5.92 Å². The van der Waals surface area contributed by atoms with Gasteiger partial charge in [-0.15, -0.1) is 5.73 Å². The predicted octanol–water partition coefficient (Wildman–Crippen LogP) is 6.63. The third-order valence-corrected chi connectivity index (χ3v) is 6.72. The molecule has 4 nitrogen and oxygen atoms in total. The first-order valence-corrected chi connectivity index (χ1v) is 12.3. The van der Waals surface area contributed by atoms with Gasteiger partial charge in [-0.25, -0.2) is 4.99 Å². The van der Waals surface area contributed by atoms with E-state index in [-0.39, 0.29) is 5.92 Å². The highest BCUT2D eigenvalue weighted by molar-refractivity contribution is 5.96. The van der Waals surface area contributed by atoms with Crippen LogP contribution in [0.1, 0.15) is 66.1 Å². The van der Waals surface area contributed by atoms with Crippen molar-refractivity contribution >= 4 is 23.5 Å². The lowest BCUT2D eigenvalue weighted by molar-refractivity contribution is 0.112. The molecule has 0 saturated carbocycles. The zero-order chi connectivity index (χ0) is 23.9. The Hall–Kier alpha value is -3.36. The topological polar surface area (TPSA) is 44.7 Å². The maximum Gasteiger partial charge on any atom is 0.150 e. The molecule has 0 spiro atoms. The van der Waals surface area contributed by atoms with Crippen molar-refractivity contribution in [2.24, 2.45) is 10.9 Å². The van der Waals surface area contributed by atoms with Gasteiger partial charge in [0.05, 0.1) is 0 Å². The van der Waals surface area contributed by atoms with Crippen molar-refractivity contribution in [2.75, 3.05) is 23.3 Å². The SMILES string of the molecule is CCCc1cc(NC2=NC=CC(c3ccc(C)c(C=O)c3)C(C)C2)ccc1N1CC=C=[C]CC1. The summed E-state index contributed by atoms with van der Waals surface area (Å²) in [5.41, 5.74) is 9.82. The van der Waals surface area contributed by atoms with Gasteiger partial charge in [0.2, 0.25) is 0 Å². The largest absolute Gasteiger partial charge is 0.367 e. The number of carbonyl (C=O) groups excluding carboxylic acids is 1. The van der Waals surface area contributed by atoms with Gasteiger partial charge in [0, 0.05) is 54.6 Å². The van der Waals surface area contributed by atoms with E-state index in [0.717, 1.165) is 67.7 Å². The highest BCUT2D eigenvalue weighted by Crippen LogP contribution is 2.32. The number of aliphatic imine (C=N–C) groups is 1. The van der Waals surface area contributed by atoms with Crippen molar-refractivity contribution in [1.29, 1.82) is 0 Å². The summed E-state index contributed by atoms with van der Waals surface area (Å²) in [6, 6.07) is 12.9. The standard InChI is InChI=1S/C30H34N3O/c1-4-9-25-20-27(12-13-29(25)33-16-7-5-6-8-17-33)32-30-18-23(3)28(14-15-31-30)24-11-10-22(2)26(19-24)21-34/h7,10-15,19-21,23,28H,4,8-9,16-18H2,1-3H3,(H,31,32). The maximum atomic E-state index is 11.4. The fourth-order valence-corrected chi connectivity index (χ4v) is 4.83. The van der Waals surface area contributed by atoms with E-state index < -0.39 is 0 Å². The molecule has 2 aliphatic heterocycles. The summed E-state index contributed by atoms with van der Waals surface area (Å²) >= 11 is 0. The molecule has 2 aliphatic rings. The smallest absolute Gasteiger partial charge is 0.150 e. The molecule has 1 N–H and O–H groups in total. The summed E-state index contributed by atoms with van der Waals surface area (Å²) in [7, 11) is 0. The first-order chi connectivity index (χ1) is 16.6. The average Bonchev–Trinajstić information content (AvgIpc) is 3.21. The minimum Gasteiger partial charge on any atom is -0.367 e. The van der Waals surface area contributed by atoms with Crippen LogP contribution in [0.4, 0.5) is 11.4 Å². The number of aryl methyl sites for hydroxylation is 2. The van der Waals surface area contributed by atoms with E-state index in [1.165, 1.54) is 16.8 Å². The van der Waals surface area contributed by atoms with Crippen LogP contribution >= 0.6 is 0 Å². The summed E-state index contributed by atoms with van der Waals surface area (Å²) in [5, 5.41) is 3.59. The molecule has 0 saturated heterocycles. The minimum absolute atomic E-state index is 0.224. The van der Waals surface area contributed by atoms with Gasteiger partial charge >= 0.3 is 0 Å². The molecule has 0 amide bonds. The second-order valence-corrected chi connectivity index (χ2v) is 9.30. The lowest BCUT2D eigenvalue weighted by atomic mass is 9.84. The second kappa shape index (κ2) is 11.2. The molecule has 2 atom stereocenters. The molecule has 0 fully saturated rings. The van der Waals surface area contributed by atoms with E-state index in [1.54, 1.807) is 0 Å². The van der Waals surface area contributed by atoms with Crippen molar-refractivity contribution in [2.45, 2.75) is 52.4 Å². The molecule has 2 heterocycles. The van der Waals surface area contributed by atoms with Gasteiger partial charge < -0.3 is 10.2 Å². The number of anilines is 2. The Morgan fingerprint density at radius 1 is 1.24 bits per heavy atom. The molecule has 4 heteroatoms. The molecule has 0 bridgehead atoms. The van der Waals surface area contributed by atoms with E-state index in [2.05, 4.69) is 72.3 Å². The number of aldehydes is 1. The molecule has 0 aliphatic carbocycles. The quantitative estimate of drug-likeness (QED) is 0.395. The highest BCUT2D eigenvalue weighted by Gasteiger charge is 2.22. The first-order valence-electron chi connectivity index (χ1n) is 12.3. The summed E-state index contributed by atoms with van der Waals surface area (Å²) in [4.78, 5) is 18.6. The van der Waals surface area contributed by atoms with E-state index in [9.17, 15) is 4.79 Å². The van der Waals surface area contributed by atoms with Crippen LogP contribution in [0, 0.1) is 18.9 Å². The van der Waals surface area contributed by atoms with Crippen molar-refractivity contribution in [3.63, 3.8) is 0 Å². The van der Waals surface area contributed by atoms with E-state index in [4.69, 9.17) is 4.99 Å². The van der Waals surface area contributed by atoms with Crippen LogP contribution in [0.25, 0.3) is 0 Å². The lowest BCUT2D eigenvalue weighted by Gasteiger charge is -2.26. The normalized spacial score (nSPS) is 20.0. The fraction of sp³-hybridized carbons (Fsp3) is 0.367. The van der Waals surface area contributed by atoms with E-state index >= 15 is 0 Å². The van der Waals surface area contributed by atoms with Crippen LogP contribution in [0.2, 0.25) is 0 Å². The van der Waals surface area contributed by atoms with Crippen LogP contribution < -0.4 is 10.2 Å². The molecule has 4 rings (SSSR count). The molecule has 2 unspecified atom stereocenters. The number of rotatable bonds is 6. The second-order valence-electron chi connectivity index (χ2n) is 9.30. The van der Waals surface area contributed by atoms with Crippen molar-refractivity contribution in [3.05, 3.63) is 88.8 Å². The molecule has 2 aromatic carbocycles. The van der Waals surface area contributed by atoms with Crippen LogP contribution in [0.3, 0.4) is 0 Å². The highest BCUT2D eigenvalue weighted by atomic mass is 16.1. The number of carbonyl (C=O) groups is 1. The molecule has 1 radical (unpaired) electrons. The average molecular weight is 453 g/mol. The van der Waals surface area contributed by atoms with Gasteiger partial charge in [0.25, 0.3) is 0 Å². The Kier molecular flexibility index (Phi) is 7.82. The summed E-state index contributed by atoms with van der Waals surface area (Å²) in [5.74, 6) is 1.55. The van der Waals surface area contributed by atoms with Crippen LogP contribution in [0.15, 0.2) is 65.5 Å². The van der Waals surface area contributed by atoms with Crippen molar-refractivity contribution in [3.8, 4) is 0 Å². The molecular weight excluding hydrogens is 418 g/mol. The molecule has 2 aromatic rings. The molecular formula is C30H34N3O. The Labute approximate surface area is 203 Å². The predicted molar refractivity (Wildman–Crippen MR) is 142 cm³/mol. The van der Waals surface area contributed by atoms with Crippen LogP contribution in [-0.2, 0) is 6.42 Å². The van der Waals surface area contributed by atoms with Crippen LogP contribution in [0.5, 0.6) is 0 Å². The number of amidine groups is 1. The van der Waals surface area contributed by atoms with Gasteiger partial charge in [-0.3, -0.25) is 4.79 Å². The first kappa shape index (κ1) is 23.8. The van der Waals surface area contributed by atoms with Gasteiger partial charge in [0.1, 0.15) is 12.1 Å². The zero-order valence-electron chi connectivity index (χ0n) is 20.5. The summed E-state index contributed by atoms with van der Waals surface area (Å²) < 4.78 is 0. The third-order valence-electron chi connectivity index (χ3n) is 6.72. The number of nitrogens with one attached hydrogen (secondary N) is 1. The summed E-state index contributed by atoms with van der Waals surface area (Å²) in [6.07, 6.45) is 14.2. The number of allylic oxidation sites excluding steroid dienone is 1. The maximum absolute atomic E-state index is 11.4. The van der Waals surface area contributed by atoms with Gasteiger partial charge in [-0.1, -0.05) is 38.5 Å². The molecule has 0 aromatic heterocycles. The van der Waals surface area contributed by atoms with E-state index in [1.807, 2.05) is 25.3 Å². The Balaban J connectivity index is 1.49. The number of nitrogens with zero attached hydrogens (tertiary/aromatic N) is 2. The number of hydrogen-bond acceptors (Lipinski definition) is 4. The third kappa shape index (κ3) is 5.58. The molecule has 175 valence electrons. The Morgan fingerprint density at radius 3 is 2.94 bits per heavy atom. The number of benzene rings is 2. The van der Waals surface area contributed by atoms with Gasteiger partial charge in [-0.2, -0.15) is 0 Å². The minimum atomic E-state index is 0.224. The Morgan fingerprint density at radius 2 is 2.12 bits per heavy atom. The zero-order valence-corrected chi connectivity index (χ0v) is 20.5. The van der Waals surface area contributed by atoms with Gasteiger partial charge in [-0.05, 0) is 72.7 Å². The van der Waals surface area contributed by atoms with Crippen molar-refractivity contribution < 1.29 is 4.79 Å². The summed E-state index contributed by atoms with van der Waals surface area (Å²) in [6.45, 7) is 8.29. The fourth-order valence-electron chi connectivity index (χ4n) is 4.83. The number of hydrogen-bond donors (Lipinski definition) is 1. The lowest BCUT2D eigenvalue weighted by Crippen LogP contribution is -2.25. The monoisotopic (exact) mass is 452 g/mol. The van der Waals surface area contributed by atoms with Gasteiger partial charge in [0.15, 0.2) is 0 Å². The Bertz CT molecular complexity index is 1150.